The van der Waals surface area contributed by atoms with Crippen molar-refractivity contribution < 1.29 is 23.7 Å². The van der Waals surface area contributed by atoms with Crippen LogP contribution in [-0.2, 0) is 4.74 Å². The first-order valence-corrected chi connectivity index (χ1v) is 14.6. The first kappa shape index (κ1) is 28.8. The van der Waals surface area contributed by atoms with Crippen molar-refractivity contribution in [2.75, 3.05) is 51.6 Å². The minimum Gasteiger partial charge on any atom is -0.493 e. The Labute approximate surface area is 255 Å². The van der Waals surface area contributed by atoms with Gasteiger partial charge in [-0.05, 0) is 44.4 Å². The molecule has 0 atom stereocenters. The summed E-state index contributed by atoms with van der Waals surface area (Å²) in [5, 5.41) is 4.44. The fourth-order valence-electron chi connectivity index (χ4n) is 4.89. The topological polar surface area (TPSA) is 100 Å². The molecule has 2 aromatic heterocycles. The summed E-state index contributed by atoms with van der Waals surface area (Å²) in [6.45, 7) is 9.02. The number of morpholine rings is 1. The number of aromatic nitrogens is 3. The third kappa shape index (κ3) is 6.86. The lowest BCUT2D eigenvalue weighted by Gasteiger charge is -2.26. The molecule has 0 radical (unpaired) electrons. The molecular weight excluding hydrogens is 570 g/mol. The third-order valence-electron chi connectivity index (χ3n) is 6.86. The van der Waals surface area contributed by atoms with Gasteiger partial charge in [0, 0.05) is 38.0 Å². The number of benzene rings is 2. The summed E-state index contributed by atoms with van der Waals surface area (Å²) >= 11 is 6.79. The highest BCUT2D eigenvalue weighted by Crippen LogP contribution is 2.48. The Morgan fingerprint density at radius 3 is 2.72 bits per heavy atom. The van der Waals surface area contributed by atoms with E-state index in [2.05, 4.69) is 37.0 Å². The number of hydrogen-bond donors (Lipinski definition) is 1. The number of halogens is 1. The van der Waals surface area contributed by atoms with E-state index >= 15 is 0 Å². The first-order valence-electron chi connectivity index (χ1n) is 14.3. The smallest absolute Gasteiger partial charge is 0.231 e. The van der Waals surface area contributed by atoms with Gasteiger partial charge in [0.1, 0.15) is 35.0 Å². The SMILES string of the molecule is CC(C)Oc1cc(OCCCN2CCOCC2)cc2ncnc(Nc3c(Cl)cc(C#Cc4ccccn4)c4c3OCO4)c12. The van der Waals surface area contributed by atoms with Crippen LogP contribution < -0.4 is 24.3 Å². The number of anilines is 2. The van der Waals surface area contributed by atoms with Crippen molar-refractivity contribution in [3.8, 4) is 34.8 Å². The fourth-order valence-corrected chi connectivity index (χ4v) is 5.13. The number of nitrogens with one attached hydrogen (secondary N) is 1. The van der Waals surface area contributed by atoms with E-state index in [9.17, 15) is 0 Å². The maximum Gasteiger partial charge on any atom is 0.231 e. The molecule has 0 aliphatic carbocycles. The average molecular weight is 602 g/mol. The highest BCUT2D eigenvalue weighted by molar-refractivity contribution is 6.34. The highest BCUT2D eigenvalue weighted by atomic mass is 35.5. The summed E-state index contributed by atoms with van der Waals surface area (Å²) in [6.07, 6.45) is 4.00. The molecule has 6 rings (SSSR count). The predicted molar refractivity (Wildman–Crippen MR) is 164 cm³/mol. The molecule has 43 heavy (non-hydrogen) atoms. The van der Waals surface area contributed by atoms with Gasteiger partial charge in [0.15, 0.2) is 11.5 Å². The summed E-state index contributed by atoms with van der Waals surface area (Å²) in [4.78, 5) is 15.7. The van der Waals surface area contributed by atoms with Crippen LogP contribution in [0.3, 0.4) is 0 Å². The zero-order valence-corrected chi connectivity index (χ0v) is 24.8. The molecule has 1 N–H and O–H groups in total. The standard InChI is InChI=1S/C32H32ClN5O5/c1-21(2)43-27-18-24(40-13-5-10-38-11-14-39-15-12-38)17-26-28(27)32(36-19-35-26)37-29-25(33)16-22(30-31(29)42-20-41-30)7-8-23-6-3-4-9-34-23/h3-4,6,9,16-19,21H,5,10-15,20H2,1-2H3,(H,35,36,37). The van der Waals surface area contributed by atoms with Crippen LogP contribution >= 0.6 is 11.6 Å². The van der Waals surface area contributed by atoms with E-state index in [0.29, 0.717) is 68.3 Å². The maximum absolute atomic E-state index is 6.79. The van der Waals surface area contributed by atoms with Gasteiger partial charge >= 0.3 is 0 Å². The molecule has 1 fully saturated rings. The second kappa shape index (κ2) is 13.3. The fraction of sp³-hybridized carbons (Fsp3) is 0.344. The minimum absolute atomic E-state index is 0.0427. The van der Waals surface area contributed by atoms with Gasteiger partial charge in [0.2, 0.25) is 6.79 Å². The number of ether oxygens (including phenoxy) is 5. The van der Waals surface area contributed by atoms with Gasteiger partial charge in [0.05, 0.1) is 47.4 Å². The van der Waals surface area contributed by atoms with Gasteiger partial charge in [-0.25, -0.2) is 15.0 Å². The van der Waals surface area contributed by atoms with E-state index in [1.165, 1.54) is 6.33 Å². The van der Waals surface area contributed by atoms with Crippen LogP contribution in [0.25, 0.3) is 10.9 Å². The third-order valence-corrected chi connectivity index (χ3v) is 7.16. The number of nitrogens with zero attached hydrogens (tertiary/aromatic N) is 4. The normalized spacial score (nSPS) is 14.4. The molecular formula is C32H32ClN5O5. The molecule has 0 bridgehead atoms. The zero-order chi connectivity index (χ0) is 29.6. The van der Waals surface area contributed by atoms with Crippen molar-refractivity contribution in [2.45, 2.75) is 26.4 Å². The molecule has 10 nitrogen and oxygen atoms in total. The van der Waals surface area contributed by atoms with E-state index in [-0.39, 0.29) is 12.9 Å². The molecule has 0 unspecified atom stereocenters. The van der Waals surface area contributed by atoms with E-state index in [1.54, 1.807) is 12.3 Å². The zero-order valence-electron chi connectivity index (χ0n) is 24.1. The van der Waals surface area contributed by atoms with Crippen molar-refractivity contribution in [2.24, 2.45) is 0 Å². The molecule has 11 heteroatoms. The first-order chi connectivity index (χ1) is 21.0. The molecule has 0 amide bonds. The van der Waals surface area contributed by atoms with E-state index < -0.39 is 0 Å². The molecule has 2 aromatic carbocycles. The Morgan fingerprint density at radius 2 is 1.91 bits per heavy atom. The Hall–Kier alpha value is -4.30. The summed E-state index contributed by atoms with van der Waals surface area (Å²) in [5.74, 6) is 8.89. The van der Waals surface area contributed by atoms with Crippen LogP contribution in [-0.4, -0.2) is 72.2 Å². The van der Waals surface area contributed by atoms with E-state index in [4.69, 9.17) is 35.3 Å². The number of fused-ring (bicyclic) bond motifs is 2. The second-order valence-corrected chi connectivity index (χ2v) is 10.7. The monoisotopic (exact) mass is 601 g/mol. The van der Waals surface area contributed by atoms with Crippen LogP contribution in [0.2, 0.25) is 5.02 Å². The van der Waals surface area contributed by atoms with Crippen LogP contribution in [0.1, 0.15) is 31.5 Å². The van der Waals surface area contributed by atoms with Gasteiger partial charge < -0.3 is 29.0 Å². The molecule has 4 heterocycles. The van der Waals surface area contributed by atoms with Crippen molar-refractivity contribution in [3.05, 3.63) is 65.2 Å². The average Bonchev–Trinajstić information content (AvgIpc) is 3.51. The second-order valence-electron chi connectivity index (χ2n) is 10.3. The lowest BCUT2D eigenvalue weighted by atomic mass is 10.1. The Balaban J connectivity index is 1.28. The molecule has 2 aliphatic rings. The molecule has 2 aliphatic heterocycles. The quantitative estimate of drug-likeness (QED) is 0.197. The molecule has 1 saturated heterocycles. The van der Waals surface area contributed by atoms with Gasteiger partial charge in [-0.3, -0.25) is 4.90 Å². The summed E-state index contributed by atoms with van der Waals surface area (Å²) in [5.41, 5.74) is 2.41. The Bertz CT molecular complexity index is 1650. The van der Waals surface area contributed by atoms with Gasteiger partial charge in [0.25, 0.3) is 0 Å². The number of hydrogen-bond acceptors (Lipinski definition) is 10. The summed E-state index contributed by atoms with van der Waals surface area (Å²) < 4.78 is 29.4. The van der Waals surface area contributed by atoms with Crippen LogP contribution in [0.4, 0.5) is 11.5 Å². The van der Waals surface area contributed by atoms with Crippen molar-refractivity contribution in [3.63, 3.8) is 0 Å². The Morgan fingerprint density at radius 1 is 1.05 bits per heavy atom. The Kier molecular flexibility index (Phi) is 8.93. The van der Waals surface area contributed by atoms with Gasteiger partial charge in [-0.1, -0.05) is 23.6 Å². The lowest BCUT2D eigenvalue weighted by molar-refractivity contribution is 0.0358. The molecule has 0 saturated carbocycles. The van der Waals surface area contributed by atoms with Crippen LogP contribution in [0.15, 0.2) is 48.9 Å². The minimum atomic E-state index is -0.0886. The van der Waals surface area contributed by atoms with Crippen molar-refractivity contribution in [1.29, 1.82) is 0 Å². The van der Waals surface area contributed by atoms with Crippen LogP contribution in [0, 0.1) is 11.8 Å². The largest absolute Gasteiger partial charge is 0.493 e. The maximum atomic E-state index is 6.79. The lowest BCUT2D eigenvalue weighted by Crippen LogP contribution is -2.37. The molecule has 222 valence electrons. The van der Waals surface area contributed by atoms with Gasteiger partial charge in [-0.15, -0.1) is 0 Å². The molecule has 4 aromatic rings. The van der Waals surface area contributed by atoms with Crippen molar-refractivity contribution >= 4 is 34.0 Å². The van der Waals surface area contributed by atoms with Gasteiger partial charge in [-0.2, -0.15) is 0 Å². The van der Waals surface area contributed by atoms with E-state index in [0.717, 1.165) is 39.3 Å². The van der Waals surface area contributed by atoms with Crippen LogP contribution in [0.5, 0.6) is 23.0 Å². The van der Waals surface area contributed by atoms with E-state index in [1.807, 2.05) is 44.2 Å². The number of pyridine rings is 1. The number of rotatable bonds is 9. The summed E-state index contributed by atoms with van der Waals surface area (Å²) in [6, 6.07) is 11.1. The highest BCUT2D eigenvalue weighted by Gasteiger charge is 2.26. The predicted octanol–water partition coefficient (Wildman–Crippen LogP) is 5.44. The molecule has 0 spiro atoms. The summed E-state index contributed by atoms with van der Waals surface area (Å²) in [7, 11) is 0. The van der Waals surface area contributed by atoms with Crippen molar-refractivity contribution in [1.82, 2.24) is 19.9 Å².